The molecule has 0 aliphatic heterocycles. The number of carbonyl (C=O) groups is 1. The summed E-state index contributed by atoms with van der Waals surface area (Å²) in [6.45, 7) is 2.32. The van der Waals surface area contributed by atoms with Crippen molar-refractivity contribution in [3.05, 3.63) is 58.1 Å². The van der Waals surface area contributed by atoms with Crippen molar-refractivity contribution in [2.75, 3.05) is 5.32 Å². The van der Waals surface area contributed by atoms with Crippen LogP contribution in [0.15, 0.2) is 36.4 Å². The normalized spacial score (nSPS) is 10.3. The molecule has 0 fully saturated rings. The number of nitrogens with one attached hydrogen (secondary N) is 1. The average molecular weight is 291 g/mol. The molecule has 2 aromatic rings. The molecule has 0 aromatic heterocycles. The summed E-state index contributed by atoms with van der Waals surface area (Å²) in [4.78, 5) is 11.1. The molecule has 1 amide bonds. The molecule has 0 radical (unpaired) electrons. The topological polar surface area (TPSA) is 75.4 Å². The zero-order valence-electron chi connectivity index (χ0n) is 11.0. The lowest BCUT2D eigenvalue weighted by Gasteiger charge is -2.11. The molecule has 20 heavy (non-hydrogen) atoms. The molecule has 4 N–H and O–H groups in total. The van der Waals surface area contributed by atoms with Crippen molar-refractivity contribution >= 4 is 23.2 Å². The molecular formula is C15H15ClN2O2. The van der Waals surface area contributed by atoms with Gasteiger partial charge in [-0.1, -0.05) is 11.6 Å². The summed E-state index contributed by atoms with van der Waals surface area (Å²) in [6, 6.07) is 10.1. The van der Waals surface area contributed by atoms with Gasteiger partial charge in [0.1, 0.15) is 5.75 Å². The maximum atomic E-state index is 11.1. The second-order valence-electron chi connectivity index (χ2n) is 4.52. The predicted octanol–water partition coefficient (Wildman–Crippen LogP) is 3.07. The molecule has 0 saturated carbocycles. The minimum Gasteiger partial charge on any atom is -0.508 e. The van der Waals surface area contributed by atoms with Gasteiger partial charge in [-0.25, -0.2) is 0 Å². The predicted molar refractivity (Wildman–Crippen MR) is 80.1 cm³/mol. The number of carbonyl (C=O) groups excluding carboxylic acids is 1. The van der Waals surface area contributed by atoms with Crippen LogP contribution >= 0.6 is 11.6 Å². The van der Waals surface area contributed by atoms with Gasteiger partial charge in [-0.2, -0.15) is 0 Å². The van der Waals surface area contributed by atoms with E-state index < -0.39 is 5.91 Å². The van der Waals surface area contributed by atoms with Crippen LogP contribution in [0.25, 0.3) is 0 Å². The van der Waals surface area contributed by atoms with E-state index in [1.54, 1.807) is 36.4 Å². The summed E-state index contributed by atoms with van der Waals surface area (Å²) in [5, 5.41) is 13.5. The average Bonchev–Trinajstić information content (AvgIpc) is 2.40. The fourth-order valence-corrected chi connectivity index (χ4v) is 2.10. The molecule has 0 aliphatic carbocycles. The summed E-state index contributed by atoms with van der Waals surface area (Å²) >= 11 is 5.90. The van der Waals surface area contributed by atoms with Gasteiger partial charge in [0.2, 0.25) is 5.91 Å². The van der Waals surface area contributed by atoms with E-state index in [0.717, 1.165) is 11.3 Å². The number of phenolic OH excluding ortho intramolecular Hbond substituents is 1. The van der Waals surface area contributed by atoms with Gasteiger partial charge in [-0.15, -0.1) is 0 Å². The molecule has 0 unspecified atom stereocenters. The monoisotopic (exact) mass is 290 g/mol. The molecular weight excluding hydrogens is 276 g/mol. The second kappa shape index (κ2) is 5.84. The van der Waals surface area contributed by atoms with Gasteiger partial charge >= 0.3 is 0 Å². The molecule has 0 spiro atoms. The Labute approximate surface area is 122 Å². The Morgan fingerprint density at radius 2 is 2.05 bits per heavy atom. The van der Waals surface area contributed by atoms with Crippen LogP contribution in [0.2, 0.25) is 5.02 Å². The second-order valence-corrected chi connectivity index (χ2v) is 4.96. The van der Waals surface area contributed by atoms with Crippen molar-refractivity contribution in [1.29, 1.82) is 0 Å². The number of nitrogens with two attached hydrogens (primary N) is 1. The highest BCUT2D eigenvalue weighted by molar-refractivity contribution is 6.30. The molecule has 0 aliphatic rings. The van der Waals surface area contributed by atoms with Crippen LogP contribution < -0.4 is 11.1 Å². The molecule has 2 aromatic carbocycles. The summed E-state index contributed by atoms with van der Waals surface area (Å²) < 4.78 is 0. The summed E-state index contributed by atoms with van der Waals surface area (Å²) in [5.74, 6) is -0.263. The largest absolute Gasteiger partial charge is 0.508 e. The van der Waals surface area contributed by atoms with Crippen LogP contribution in [0.1, 0.15) is 21.5 Å². The number of halogens is 1. The Hall–Kier alpha value is -2.20. The van der Waals surface area contributed by atoms with E-state index >= 15 is 0 Å². The fraction of sp³-hybridized carbons (Fsp3) is 0.133. The van der Waals surface area contributed by atoms with Crippen molar-refractivity contribution in [3.8, 4) is 5.75 Å². The third kappa shape index (κ3) is 3.22. The Morgan fingerprint density at radius 1 is 1.30 bits per heavy atom. The van der Waals surface area contributed by atoms with Crippen LogP contribution in [0.4, 0.5) is 5.69 Å². The standard InChI is InChI=1S/C15H15ClN2O2/c1-9-6-10(15(17)20)2-4-13(9)18-8-11-7-12(16)3-5-14(11)19/h2-7,18-19H,8H2,1H3,(H2,17,20). The number of amides is 1. The minimum atomic E-state index is -0.452. The quantitative estimate of drug-likeness (QED) is 0.810. The Bertz CT molecular complexity index is 656. The molecule has 0 heterocycles. The minimum absolute atomic E-state index is 0.188. The van der Waals surface area contributed by atoms with Crippen LogP contribution in [-0.4, -0.2) is 11.0 Å². The zero-order valence-corrected chi connectivity index (χ0v) is 11.7. The number of anilines is 1. The number of benzene rings is 2. The summed E-state index contributed by atoms with van der Waals surface area (Å²) in [5.41, 5.74) is 8.18. The van der Waals surface area contributed by atoms with E-state index in [2.05, 4.69) is 5.32 Å². The first-order chi connectivity index (χ1) is 9.47. The number of primary amides is 1. The van der Waals surface area contributed by atoms with Gasteiger partial charge in [-0.05, 0) is 48.9 Å². The molecule has 2 rings (SSSR count). The number of aromatic hydroxyl groups is 1. The highest BCUT2D eigenvalue weighted by Gasteiger charge is 2.06. The highest BCUT2D eigenvalue weighted by Crippen LogP contribution is 2.23. The van der Waals surface area contributed by atoms with Crippen molar-refractivity contribution in [1.82, 2.24) is 0 Å². The van der Waals surface area contributed by atoms with E-state index in [9.17, 15) is 9.90 Å². The van der Waals surface area contributed by atoms with Crippen LogP contribution in [0, 0.1) is 6.92 Å². The van der Waals surface area contributed by atoms with Gasteiger partial charge in [-0.3, -0.25) is 4.79 Å². The van der Waals surface area contributed by atoms with Crippen molar-refractivity contribution in [2.24, 2.45) is 5.73 Å². The fourth-order valence-electron chi connectivity index (χ4n) is 1.90. The van der Waals surface area contributed by atoms with Gasteiger partial charge in [0.05, 0.1) is 0 Å². The van der Waals surface area contributed by atoms with Gasteiger partial charge in [0.15, 0.2) is 0 Å². The molecule has 5 heteroatoms. The first-order valence-corrected chi connectivity index (χ1v) is 6.47. The van der Waals surface area contributed by atoms with Crippen molar-refractivity contribution < 1.29 is 9.90 Å². The highest BCUT2D eigenvalue weighted by atomic mass is 35.5. The molecule has 0 bridgehead atoms. The maximum absolute atomic E-state index is 11.1. The number of rotatable bonds is 4. The Balaban J connectivity index is 2.15. The SMILES string of the molecule is Cc1cc(C(N)=O)ccc1NCc1cc(Cl)ccc1O. The first kappa shape index (κ1) is 14.2. The lowest BCUT2D eigenvalue weighted by Crippen LogP contribution is -2.11. The first-order valence-electron chi connectivity index (χ1n) is 6.09. The van der Waals surface area contributed by atoms with Crippen molar-refractivity contribution in [2.45, 2.75) is 13.5 Å². The van der Waals surface area contributed by atoms with Gasteiger partial charge in [0, 0.05) is 28.4 Å². The maximum Gasteiger partial charge on any atom is 0.248 e. The van der Waals surface area contributed by atoms with E-state index in [-0.39, 0.29) is 5.75 Å². The van der Waals surface area contributed by atoms with Crippen LogP contribution in [0.3, 0.4) is 0 Å². The molecule has 4 nitrogen and oxygen atoms in total. The van der Waals surface area contributed by atoms with E-state index in [1.165, 1.54) is 0 Å². The third-order valence-electron chi connectivity index (χ3n) is 3.02. The number of aryl methyl sites for hydroxylation is 1. The molecule has 0 saturated heterocycles. The lowest BCUT2D eigenvalue weighted by atomic mass is 10.1. The Kier molecular flexibility index (Phi) is 4.15. The van der Waals surface area contributed by atoms with Crippen molar-refractivity contribution in [3.63, 3.8) is 0 Å². The molecule has 0 atom stereocenters. The van der Waals surface area contributed by atoms with E-state index in [0.29, 0.717) is 22.7 Å². The van der Waals surface area contributed by atoms with Crippen LogP contribution in [0.5, 0.6) is 5.75 Å². The zero-order chi connectivity index (χ0) is 14.7. The third-order valence-corrected chi connectivity index (χ3v) is 3.26. The van der Waals surface area contributed by atoms with E-state index in [1.807, 2.05) is 6.92 Å². The Morgan fingerprint density at radius 3 is 2.70 bits per heavy atom. The summed E-state index contributed by atoms with van der Waals surface area (Å²) in [7, 11) is 0. The van der Waals surface area contributed by atoms with Gasteiger partial charge < -0.3 is 16.2 Å². The molecule has 104 valence electrons. The lowest BCUT2D eigenvalue weighted by molar-refractivity contribution is 0.1000. The van der Waals surface area contributed by atoms with E-state index in [4.69, 9.17) is 17.3 Å². The smallest absolute Gasteiger partial charge is 0.248 e. The van der Waals surface area contributed by atoms with Crippen LogP contribution in [-0.2, 0) is 6.54 Å². The number of hydrogen-bond donors (Lipinski definition) is 3. The van der Waals surface area contributed by atoms with Gasteiger partial charge in [0.25, 0.3) is 0 Å². The number of phenols is 1. The summed E-state index contributed by atoms with van der Waals surface area (Å²) in [6.07, 6.45) is 0. The number of hydrogen-bond acceptors (Lipinski definition) is 3.